The van der Waals surface area contributed by atoms with Gasteiger partial charge in [0, 0.05) is 42.6 Å². The minimum absolute atomic E-state index is 0. The van der Waals surface area contributed by atoms with Crippen LogP contribution in [0.2, 0.25) is 5.02 Å². The SMILES string of the molecule is Cl.O=C(N1CCN(CC(O)c2cccs2)CC1)C1(c2ccc(Cl)cc2)CCCC1. The molecular weight excluding hydrogens is 427 g/mol. The Hall–Kier alpha value is -1.11. The van der Waals surface area contributed by atoms with E-state index in [1.54, 1.807) is 11.3 Å². The lowest BCUT2D eigenvalue weighted by molar-refractivity contribution is -0.139. The average molecular weight is 455 g/mol. The third-order valence-corrected chi connectivity index (χ3v) is 7.45. The molecule has 1 atom stereocenters. The van der Waals surface area contributed by atoms with Crippen LogP contribution in [0.3, 0.4) is 0 Å². The first-order chi connectivity index (χ1) is 13.6. The Bertz CT molecular complexity index is 784. The van der Waals surface area contributed by atoms with Crippen molar-refractivity contribution in [3.63, 3.8) is 0 Å². The summed E-state index contributed by atoms with van der Waals surface area (Å²) >= 11 is 7.66. The van der Waals surface area contributed by atoms with Crippen LogP contribution in [0.1, 0.15) is 42.2 Å². The van der Waals surface area contributed by atoms with Gasteiger partial charge < -0.3 is 10.0 Å². The van der Waals surface area contributed by atoms with Crippen LogP contribution in [0.4, 0.5) is 0 Å². The van der Waals surface area contributed by atoms with Crippen molar-refractivity contribution in [2.75, 3.05) is 32.7 Å². The molecule has 2 aliphatic rings. The fraction of sp³-hybridized carbons (Fsp3) is 0.500. The second-order valence-corrected chi connectivity index (χ2v) is 9.34. The molecule has 0 bridgehead atoms. The maximum atomic E-state index is 13.6. The molecule has 0 radical (unpaired) electrons. The number of rotatable bonds is 5. The highest BCUT2D eigenvalue weighted by Crippen LogP contribution is 2.43. The molecule has 4 nitrogen and oxygen atoms in total. The number of amides is 1. The summed E-state index contributed by atoms with van der Waals surface area (Å²) in [6.45, 7) is 3.71. The number of carbonyl (C=O) groups is 1. The number of β-amino-alcohol motifs (C(OH)–C–C–N with tert-alkyl or cyclic N) is 1. The van der Waals surface area contributed by atoms with Gasteiger partial charge in [-0.2, -0.15) is 0 Å². The Morgan fingerprint density at radius 1 is 1.10 bits per heavy atom. The van der Waals surface area contributed by atoms with Gasteiger partial charge in [0.1, 0.15) is 6.10 Å². The van der Waals surface area contributed by atoms with E-state index in [4.69, 9.17) is 11.6 Å². The monoisotopic (exact) mass is 454 g/mol. The van der Waals surface area contributed by atoms with Gasteiger partial charge in [-0.3, -0.25) is 9.69 Å². The molecule has 2 heterocycles. The number of carbonyl (C=O) groups excluding carboxylic acids is 1. The summed E-state index contributed by atoms with van der Waals surface area (Å²) in [7, 11) is 0. The van der Waals surface area contributed by atoms with E-state index in [0.29, 0.717) is 11.6 Å². The number of thiophene rings is 1. The number of nitrogens with zero attached hydrogens (tertiary/aromatic N) is 2. The van der Waals surface area contributed by atoms with Crippen LogP contribution >= 0.6 is 35.3 Å². The van der Waals surface area contributed by atoms with Crippen molar-refractivity contribution in [3.05, 3.63) is 57.2 Å². The van der Waals surface area contributed by atoms with Gasteiger partial charge in [0.15, 0.2) is 0 Å². The van der Waals surface area contributed by atoms with E-state index in [1.807, 2.05) is 46.7 Å². The Labute approximate surface area is 187 Å². The molecule has 1 saturated carbocycles. The normalized spacial score (nSPS) is 20.3. The Morgan fingerprint density at radius 3 is 2.34 bits per heavy atom. The fourth-order valence-corrected chi connectivity index (χ4v) is 5.45. The molecule has 4 rings (SSSR count). The Morgan fingerprint density at radius 2 is 1.76 bits per heavy atom. The van der Waals surface area contributed by atoms with E-state index in [2.05, 4.69) is 4.90 Å². The van der Waals surface area contributed by atoms with Crippen molar-refractivity contribution in [1.29, 1.82) is 0 Å². The van der Waals surface area contributed by atoms with Crippen molar-refractivity contribution < 1.29 is 9.90 Å². The summed E-state index contributed by atoms with van der Waals surface area (Å²) in [5, 5.41) is 13.1. The average Bonchev–Trinajstić information content (AvgIpc) is 3.41. The van der Waals surface area contributed by atoms with Crippen LogP contribution < -0.4 is 0 Å². The van der Waals surface area contributed by atoms with Gasteiger partial charge in [0.05, 0.1) is 5.41 Å². The van der Waals surface area contributed by atoms with Crippen LogP contribution in [-0.4, -0.2) is 53.5 Å². The third kappa shape index (κ3) is 4.80. The van der Waals surface area contributed by atoms with Crippen molar-refractivity contribution in [2.45, 2.75) is 37.2 Å². The third-order valence-electron chi connectivity index (χ3n) is 6.23. The zero-order valence-electron chi connectivity index (χ0n) is 16.4. The van der Waals surface area contributed by atoms with Crippen LogP contribution in [0.15, 0.2) is 41.8 Å². The van der Waals surface area contributed by atoms with Gasteiger partial charge >= 0.3 is 0 Å². The summed E-state index contributed by atoms with van der Waals surface area (Å²) < 4.78 is 0. The minimum atomic E-state index is -0.447. The molecule has 7 heteroatoms. The van der Waals surface area contributed by atoms with Gasteiger partial charge in [-0.15, -0.1) is 23.7 Å². The molecule has 2 fully saturated rings. The highest BCUT2D eigenvalue weighted by molar-refractivity contribution is 7.10. The summed E-state index contributed by atoms with van der Waals surface area (Å²) in [6, 6.07) is 11.8. The first-order valence-electron chi connectivity index (χ1n) is 10.1. The topological polar surface area (TPSA) is 43.8 Å². The van der Waals surface area contributed by atoms with Crippen molar-refractivity contribution in [2.24, 2.45) is 0 Å². The molecule has 1 aliphatic heterocycles. The number of aliphatic hydroxyl groups is 1. The first-order valence-corrected chi connectivity index (χ1v) is 11.3. The largest absolute Gasteiger partial charge is 0.386 e. The van der Waals surface area contributed by atoms with E-state index in [-0.39, 0.29) is 23.7 Å². The van der Waals surface area contributed by atoms with E-state index in [9.17, 15) is 9.90 Å². The van der Waals surface area contributed by atoms with E-state index in [0.717, 1.165) is 62.3 Å². The molecule has 1 aromatic heterocycles. The van der Waals surface area contributed by atoms with Crippen molar-refractivity contribution in [1.82, 2.24) is 9.80 Å². The Balaban J connectivity index is 0.00000240. The van der Waals surface area contributed by atoms with E-state index >= 15 is 0 Å². The van der Waals surface area contributed by atoms with Gasteiger partial charge in [0.2, 0.25) is 5.91 Å². The van der Waals surface area contributed by atoms with Crippen LogP contribution in [0.25, 0.3) is 0 Å². The van der Waals surface area contributed by atoms with Crippen LogP contribution in [0.5, 0.6) is 0 Å². The molecule has 29 heavy (non-hydrogen) atoms. The van der Waals surface area contributed by atoms with E-state index in [1.165, 1.54) is 0 Å². The lowest BCUT2D eigenvalue weighted by atomic mass is 9.77. The summed E-state index contributed by atoms with van der Waals surface area (Å²) in [6.07, 6.45) is 3.59. The fourth-order valence-electron chi connectivity index (χ4n) is 4.63. The molecule has 1 N–H and O–H groups in total. The number of aliphatic hydroxyl groups excluding tert-OH is 1. The molecule has 158 valence electrons. The van der Waals surface area contributed by atoms with Crippen molar-refractivity contribution in [3.8, 4) is 0 Å². The van der Waals surface area contributed by atoms with Gasteiger partial charge in [0.25, 0.3) is 0 Å². The summed E-state index contributed by atoms with van der Waals surface area (Å²) in [5.74, 6) is 0.269. The van der Waals surface area contributed by atoms with Gasteiger partial charge in [-0.1, -0.05) is 42.6 Å². The second-order valence-electron chi connectivity index (χ2n) is 7.92. The molecule has 2 aromatic rings. The van der Waals surface area contributed by atoms with Crippen LogP contribution in [-0.2, 0) is 10.2 Å². The smallest absolute Gasteiger partial charge is 0.233 e. The second kappa shape index (κ2) is 9.80. The van der Waals surface area contributed by atoms with Crippen molar-refractivity contribution >= 4 is 41.3 Å². The number of hydrogen-bond acceptors (Lipinski definition) is 4. The first kappa shape index (κ1) is 22.6. The maximum Gasteiger partial charge on any atom is 0.233 e. The highest BCUT2D eigenvalue weighted by Gasteiger charge is 2.45. The van der Waals surface area contributed by atoms with Gasteiger partial charge in [-0.25, -0.2) is 0 Å². The molecular formula is C22H28Cl2N2O2S. The Kier molecular flexibility index (Phi) is 7.63. The summed E-state index contributed by atoms with van der Waals surface area (Å²) in [5.41, 5.74) is 0.721. The van der Waals surface area contributed by atoms with Gasteiger partial charge in [-0.05, 0) is 42.0 Å². The molecule has 0 spiro atoms. The lowest BCUT2D eigenvalue weighted by Gasteiger charge is -2.40. The quantitative estimate of drug-likeness (QED) is 0.722. The predicted molar refractivity (Wildman–Crippen MR) is 121 cm³/mol. The molecule has 1 aliphatic carbocycles. The number of hydrogen-bond donors (Lipinski definition) is 1. The molecule has 1 aromatic carbocycles. The van der Waals surface area contributed by atoms with E-state index < -0.39 is 6.10 Å². The minimum Gasteiger partial charge on any atom is -0.386 e. The maximum absolute atomic E-state index is 13.6. The molecule has 1 amide bonds. The number of halogens is 2. The zero-order valence-corrected chi connectivity index (χ0v) is 18.8. The highest BCUT2D eigenvalue weighted by atomic mass is 35.5. The number of piperazine rings is 1. The standard InChI is InChI=1S/C22H27ClN2O2S.ClH/c23-18-7-5-17(6-8-18)22(9-1-2-10-22)21(27)25-13-11-24(12-14-25)16-19(26)20-4-3-15-28-20;/h3-8,15,19,26H,1-2,9-14,16H2;1H. The van der Waals surface area contributed by atoms with Crippen LogP contribution in [0, 0.1) is 0 Å². The molecule has 1 unspecified atom stereocenters. The molecule has 1 saturated heterocycles. The number of benzene rings is 1. The zero-order chi connectivity index (χ0) is 19.6. The predicted octanol–water partition coefficient (Wildman–Crippen LogP) is 4.51. The lowest BCUT2D eigenvalue weighted by Crippen LogP contribution is -2.54. The summed E-state index contributed by atoms with van der Waals surface area (Å²) in [4.78, 5) is 18.9.